The minimum Gasteiger partial charge on any atom is -0.487 e. The number of benzene rings is 3. The molecule has 0 spiro atoms. The van der Waals surface area contributed by atoms with Gasteiger partial charge in [0.1, 0.15) is 17.9 Å². The Morgan fingerprint density at radius 3 is 2.32 bits per heavy atom. The van der Waals surface area contributed by atoms with Crippen LogP contribution in [0.3, 0.4) is 0 Å². The van der Waals surface area contributed by atoms with E-state index in [4.69, 9.17) is 51.1 Å². The van der Waals surface area contributed by atoms with Crippen LogP contribution in [0.4, 0.5) is 10.5 Å². The van der Waals surface area contributed by atoms with Crippen molar-refractivity contribution in [2.24, 2.45) is 0 Å². The number of carbonyl (C=O) groups is 3. The summed E-state index contributed by atoms with van der Waals surface area (Å²) in [5.41, 5.74) is 1.08. The first kappa shape index (κ1) is 24.1. The maximum absolute atomic E-state index is 13.0. The Hall–Kier alpha value is -3.03. The molecule has 1 fully saturated rings. The Balaban J connectivity index is 1.57. The van der Waals surface area contributed by atoms with E-state index in [-0.39, 0.29) is 27.9 Å². The Morgan fingerprint density at radius 2 is 1.62 bits per heavy atom. The van der Waals surface area contributed by atoms with Gasteiger partial charge in [0.15, 0.2) is 0 Å². The fourth-order valence-electron chi connectivity index (χ4n) is 3.19. The van der Waals surface area contributed by atoms with Crippen LogP contribution in [0, 0.1) is 0 Å². The summed E-state index contributed by atoms with van der Waals surface area (Å²) in [7, 11) is 0. The van der Waals surface area contributed by atoms with E-state index in [2.05, 4.69) is 5.32 Å². The van der Waals surface area contributed by atoms with Gasteiger partial charge in [0, 0.05) is 15.6 Å². The van der Waals surface area contributed by atoms with E-state index in [1.54, 1.807) is 42.5 Å². The van der Waals surface area contributed by atoms with Crippen molar-refractivity contribution in [3.05, 3.63) is 97.5 Å². The molecule has 1 aliphatic rings. The number of barbiturate groups is 1. The predicted molar refractivity (Wildman–Crippen MR) is 133 cm³/mol. The zero-order valence-corrected chi connectivity index (χ0v) is 20.2. The van der Waals surface area contributed by atoms with E-state index in [0.717, 1.165) is 10.5 Å². The number of ether oxygens (including phenoxy) is 1. The van der Waals surface area contributed by atoms with E-state index in [0.29, 0.717) is 21.4 Å². The molecule has 0 radical (unpaired) electrons. The fraction of sp³-hybridized carbons (Fsp3) is 0.0417. The highest BCUT2D eigenvalue weighted by atomic mass is 35.5. The zero-order chi connectivity index (χ0) is 24.4. The van der Waals surface area contributed by atoms with Crippen LogP contribution in [0.2, 0.25) is 20.1 Å². The minimum atomic E-state index is -0.886. The van der Waals surface area contributed by atoms with Crippen LogP contribution in [-0.4, -0.2) is 17.8 Å². The van der Waals surface area contributed by atoms with Crippen molar-refractivity contribution < 1.29 is 19.1 Å². The molecule has 34 heavy (non-hydrogen) atoms. The standard InChI is InChI=1S/C24H14Cl4N2O4/c25-15-7-6-14(18(27)11-15)12-34-21-8-5-13(10-19(21)28)9-16-22(31)29-24(33)30(23(16)32)20-4-2-1-3-17(20)26/h1-11H,12H2,(H,29,31,33)/b16-9+. The number of nitrogens with zero attached hydrogens (tertiary/aromatic N) is 1. The lowest BCUT2D eigenvalue weighted by Gasteiger charge is -2.27. The number of urea groups is 1. The Labute approximate surface area is 214 Å². The van der Waals surface area contributed by atoms with Crippen LogP contribution < -0.4 is 15.0 Å². The monoisotopic (exact) mass is 534 g/mol. The SMILES string of the molecule is O=C1NC(=O)N(c2ccccc2Cl)C(=O)/C1=C/c1ccc(OCc2ccc(Cl)cc2Cl)c(Cl)c1. The maximum atomic E-state index is 13.0. The van der Waals surface area contributed by atoms with Gasteiger partial charge in [0.2, 0.25) is 0 Å². The van der Waals surface area contributed by atoms with Gasteiger partial charge in [-0.25, -0.2) is 9.69 Å². The molecule has 0 saturated carbocycles. The first-order chi connectivity index (χ1) is 16.2. The van der Waals surface area contributed by atoms with Crippen LogP contribution in [0.5, 0.6) is 5.75 Å². The van der Waals surface area contributed by atoms with Crippen molar-refractivity contribution in [1.82, 2.24) is 5.32 Å². The third kappa shape index (κ3) is 5.05. The highest BCUT2D eigenvalue weighted by Crippen LogP contribution is 2.31. The largest absolute Gasteiger partial charge is 0.487 e. The summed E-state index contributed by atoms with van der Waals surface area (Å²) in [6.07, 6.45) is 1.33. The summed E-state index contributed by atoms with van der Waals surface area (Å²) in [6, 6.07) is 15.2. The average Bonchev–Trinajstić information content (AvgIpc) is 2.78. The molecule has 10 heteroatoms. The molecule has 172 valence electrons. The van der Waals surface area contributed by atoms with Crippen LogP contribution in [0.1, 0.15) is 11.1 Å². The molecule has 4 rings (SSSR count). The number of rotatable bonds is 5. The van der Waals surface area contributed by atoms with E-state index < -0.39 is 17.8 Å². The molecule has 3 aromatic carbocycles. The summed E-state index contributed by atoms with van der Waals surface area (Å²) in [4.78, 5) is 38.5. The van der Waals surface area contributed by atoms with Crippen molar-refractivity contribution in [1.29, 1.82) is 0 Å². The van der Waals surface area contributed by atoms with Gasteiger partial charge in [-0.3, -0.25) is 14.9 Å². The second kappa shape index (κ2) is 10.1. The smallest absolute Gasteiger partial charge is 0.335 e. The lowest BCUT2D eigenvalue weighted by atomic mass is 10.1. The van der Waals surface area contributed by atoms with Gasteiger partial charge >= 0.3 is 6.03 Å². The summed E-state index contributed by atoms with van der Waals surface area (Å²) < 4.78 is 5.74. The second-order valence-corrected chi connectivity index (χ2v) is 8.78. The van der Waals surface area contributed by atoms with Gasteiger partial charge in [0.25, 0.3) is 11.8 Å². The number of imide groups is 2. The van der Waals surface area contributed by atoms with Crippen molar-refractivity contribution in [3.63, 3.8) is 0 Å². The van der Waals surface area contributed by atoms with Crippen molar-refractivity contribution >= 4 is 76.0 Å². The molecule has 0 bridgehead atoms. The van der Waals surface area contributed by atoms with Crippen LogP contribution >= 0.6 is 46.4 Å². The van der Waals surface area contributed by atoms with Crippen molar-refractivity contribution in [3.8, 4) is 5.75 Å². The third-order valence-electron chi connectivity index (χ3n) is 4.86. The molecule has 0 aliphatic carbocycles. The third-order valence-corrected chi connectivity index (χ3v) is 6.06. The summed E-state index contributed by atoms with van der Waals surface area (Å²) in [6.45, 7) is 0.159. The highest BCUT2D eigenvalue weighted by Gasteiger charge is 2.37. The number of halogens is 4. The van der Waals surface area contributed by atoms with Gasteiger partial charge in [-0.15, -0.1) is 0 Å². The first-order valence-corrected chi connectivity index (χ1v) is 11.3. The first-order valence-electron chi connectivity index (χ1n) is 9.77. The molecule has 1 heterocycles. The maximum Gasteiger partial charge on any atom is 0.335 e. The summed E-state index contributed by atoms with van der Waals surface area (Å²) in [5.74, 6) is -1.26. The van der Waals surface area contributed by atoms with Crippen LogP contribution in [0.25, 0.3) is 6.08 Å². The molecule has 6 nitrogen and oxygen atoms in total. The molecule has 1 N–H and O–H groups in total. The number of hydrogen-bond donors (Lipinski definition) is 1. The van der Waals surface area contributed by atoms with Crippen LogP contribution in [0.15, 0.2) is 66.2 Å². The lowest BCUT2D eigenvalue weighted by molar-refractivity contribution is -0.122. The molecule has 0 unspecified atom stereocenters. The minimum absolute atomic E-state index is 0.159. The fourth-order valence-corrected chi connectivity index (χ4v) is 4.12. The van der Waals surface area contributed by atoms with Gasteiger partial charge < -0.3 is 4.74 Å². The molecule has 1 saturated heterocycles. The normalized spacial score (nSPS) is 15.0. The highest BCUT2D eigenvalue weighted by molar-refractivity contribution is 6.42. The summed E-state index contributed by atoms with van der Waals surface area (Å²) >= 11 is 24.5. The van der Waals surface area contributed by atoms with Crippen molar-refractivity contribution in [2.45, 2.75) is 6.61 Å². The molecule has 3 aromatic rings. The lowest BCUT2D eigenvalue weighted by Crippen LogP contribution is -2.54. The molecule has 1 aliphatic heterocycles. The van der Waals surface area contributed by atoms with Crippen molar-refractivity contribution in [2.75, 3.05) is 4.90 Å². The Kier molecular flexibility index (Phi) is 7.14. The molecule has 0 aromatic heterocycles. The zero-order valence-electron chi connectivity index (χ0n) is 17.2. The number of amides is 4. The van der Waals surface area contributed by atoms with Gasteiger partial charge in [-0.1, -0.05) is 70.7 Å². The topological polar surface area (TPSA) is 75.7 Å². The Bertz CT molecular complexity index is 1360. The molecule has 0 atom stereocenters. The summed E-state index contributed by atoms with van der Waals surface area (Å²) in [5, 5.41) is 3.56. The molecule has 4 amide bonds. The number of nitrogens with one attached hydrogen (secondary N) is 1. The predicted octanol–water partition coefficient (Wildman–Crippen LogP) is 6.55. The van der Waals surface area contributed by atoms with E-state index in [9.17, 15) is 14.4 Å². The van der Waals surface area contributed by atoms with Gasteiger partial charge in [0.05, 0.1) is 15.7 Å². The quantitative estimate of drug-likeness (QED) is 0.297. The van der Waals surface area contributed by atoms with E-state index in [1.165, 1.54) is 24.3 Å². The molecular formula is C24H14Cl4N2O4. The number of carbonyl (C=O) groups excluding carboxylic acids is 3. The Morgan fingerprint density at radius 1 is 0.853 bits per heavy atom. The van der Waals surface area contributed by atoms with E-state index in [1.807, 2.05) is 0 Å². The van der Waals surface area contributed by atoms with E-state index >= 15 is 0 Å². The second-order valence-electron chi connectivity index (χ2n) is 7.12. The number of anilines is 1. The average molecular weight is 536 g/mol. The number of para-hydroxylation sites is 1. The van der Waals surface area contributed by atoms with Crippen LogP contribution in [-0.2, 0) is 16.2 Å². The molecular weight excluding hydrogens is 522 g/mol. The van der Waals surface area contributed by atoms with Gasteiger partial charge in [-0.2, -0.15) is 0 Å². The number of hydrogen-bond acceptors (Lipinski definition) is 4. The van der Waals surface area contributed by atoms with Gasteiger partial charge in [-0.05, 0) is 48.0 Å².